The molecule has 0 aliphatic heterocycles. The second-order valence-corrected chi connectivity index (χ2v) is 4.84. The van der Waals surface area contributed by atoms with E-state index in [0.29, 0.717) is 13.0 Å². The van der Waals surface area contributed by atoms with Crippen LogP contribution in [0.1, 0.15) is 17.2 Å². The molecule has 1 heterocycles. The first-order valence-electron chi connectivity index (χ1n) is 4.32. The number of nitrogens with one attached hydrogen (secondary N) is 1. The maximum absolute atomic E-state index is 11.2. The Balaban J connectivity index is 2.67. The second kappa shape index (κ2) is 5.48. The Morgan fingerprint density at radius 3 is 2.93 bits per heavy atom. The van der Waals surface area contributed by atoms with E-state index in [1.165, 1.54) is 0 Å². The van der Waals surface area contributed by atoms with Crippen molar-refractivity contribution >= 4 is 33.2 Å². The summed E-state index contributed by atoms with van der Waals surface area (Å²) >= 11 is 5.01. The molecule has 1 aromatic heterocycles. The van der Waals surface area contributed by atoms with E-state index in [9.17, 15) is 4.79 Å². The lowest BCUT2D eigenvalue weighted by molar-refractivity contribution is -0.120. The molecule has 0 radical (unpaired) electrons. The van der Waals surface area contributed by atoms with Gasteiger partial charge in [0.2, 0.25) is 5.91 Å². The third kappa shape index (κ3) is 3.08. The van der Waals surface area contributed by atoms with Crippen molar-refractivity contribution in [2.75, 3.05) is 13.6 Å². The summed E-state index contributed by atoms with van der Waals surface area (Å²) in [6.45, 7) is 0.500. The van der Waals surface area contributed by atoms with Gasteiger partial charge in [-0.2, -0.15) is 0 Å². The van der Waals surface area contributed by atoms with Crippen LogP contribution in [0, 0.1) is 0 Å². The molecule has 1 atom stereocenters. The molecule has 0 bridgehead atoms. The molecule has 0 spiro atoms. The van der Waals surface area contributed by atoms with Crippen LogP contribution in [0.5, 0.6) is 0 Å². The smallest absolute Gasteiger partial charge is 0.220 e. The summed E-state index contributed by atoms with van der Waals surface area (Å²) in [4.78, 5) is 12.3. The minimum atomic E-state index is 0.0324. The summed E-state index contributed by atoms with van der Waals surface area (Å²) in [7, 11) is 1.64. The van der Waals surface area contributed by atoms with Crippen LogP contribution in [-0.4, -0.2) is 19.5 Å². The predicted octanol–water partition coefficient (Wildman–Crippen LogP) is 1.69. The highest BCUT2D eigenvalue weighted by atomic mass is 79.9. The van der Waals surface area contributed by atoms with E-state index in [1.54, 1.807) is 18.4 Å². The van der Waals surface area contributed by atoms with Crippen molar-refractivity contribution in [1.29, 1.82) is 0 Å². The lowest BCUT2D eigenvalue weighted by atomic mass is 10.0. The molecule has 1 rings (SSSR count). The first kappa shape index (κ1) is 11.7. The zero-order valence-electron chi connectivity index (χ0n) is 7.92. The molecule has 0 saturated carbocycles. The molecule has 1 amide bonds. The van der Waals surface area contributed by atoms with Gasteiger partial charge in [0.05, 0.1) is 0 Å². The Bertz CT molecular complexity index is 314. The van der Waals surface area contributed by atoms with E-state index >= 15 is 0 Å². The van der Waals surface area contributed by atoms with Crippen molar-refractivity contribution in [3.63, 3.8) is 0 Å². The van der Waals surface area contributed by atoms with Gasteiger partial charge >= 0.3 is 0 Å². The fourth-order valence-electron chi connectivity index (χ4n) is 1.17. The lowest BCUT2D eigenvalue weighted by Gasteiger charge is -2.11. The first-order valence-corrected chi connectivity index (χ1v) is 5.99. The third-order valence-corrected chi connectivity index (χ3v) is 3.84. The Morgan fingerprint density at radius 2 is 2.50 bits per heavy atom. The predicted molar refractivity (Wildman–Crippen MR) is 62.5 cm³/mol. The van der Waals surface area contributed by atoms with Gasteiger partial charge in [-0.1, -0.05) is 0 Å². The van der Waals surface area contributed by atoms with Crippen LogP contribution in [0.15, 0.2) is 15.9 Å². The van der Waals surface area contributed by atoms with Gasteiger partial charge in [-0.25, -0.2) is 0 Å². The molecule has 14 heavy (non-hydrogen) atoms. The van der Waals surface area contributed by atoms with Gasteiger partial charge in [0.1, 0.15) is 0 Å². The average molecular weight is 277 g/mol. The molecule has 3 N–H and O–H groups in total. The van der Waals surface area contributed by atoms with E-state index in [2.05, 4.69) is 21.2 Å². The van der Waals surface area contributed by atoms with Gasteiger partial charge in [-0.3, -0.25) is 4.79 Å². The van der Waals surface area contributed by atoms with Gasteiger partial charge in [-0.05, 0) is 22.0 Å². The molecule has 0 aromatic carbocycles. The Morgan fingerprint density at radius 1 is 1.79 bits per heavy atom. The standard InChI is InChI=1S/C9H13BrN2OS/c1-12-9(13)2-6(4-11)8-3-7(10)5-14-8/h3,5-6H,2,4,11H2,1H3,(H,12,13). The second-order valence-electron chi connectivity index (χ2n) is 2.98. The van der Waals surface area contributed by atoms with E-state index in [1.807, 2.05) is 11.4 Å². The van der Waals surface area contributed by atoms with E-state index < -0.39 is 0 Å². The Hall–Kier alpha value is -0.390. The van der Waals surface area contributed by atoms with Crippen LogP contribution < -0.4 is 11.1 Å². The Labute approximate surface area is 95.8 Å². The number of carbonyl (C=O) groups is 1. The SMILES string of the molecule is CNC(=O)CC(CN)c1cc(Br)cs1. The number of rotatable bonds is 4. The minimum Gasteiger partial charge on any atom is -0.359 e. The molecule has 5 heteroatoms. The quantitative estimate of drug-likeness (QED) is 0.880. The van der Waals surface area contributed by atoms with Gasteiger partial charge < -0.3 is 11.1 Å². The molecule has 0 aliphatic rings. The maximum atomic E-state index is 11.2. The molecule has 0 aliphatic carbocycles. The highest BCUT2D eigenvalue weighted by Crippen LogP contribution is 2.28. The number of nitrogens with two attached hydrogens (primary N) is 1. The summed E-state index contributed by atoms with van der Waals surface area (Å²) in [5, 5.41) is 4.61. The van der Waals surface area contributed by atoms with Crippen LogP contribution in [0.25, 0.3) is 0 Å². The summed E-state index contributed by atoms with van der Waals surface area (Å²) in [6, 6.07) is 2.02. The molecule has 0 fully saturated rings. The third-order valence-electron chi connectivity index (χ3n) is 1.99. The van der Waals surface area contributed by atoms with Crippen LogP contribution in [0.3, 0.4) is 0 Å². The van der Waals surface area contributed by atoms with Crippen LogP contribution in [0.2, 0.25) is 0 Å². The van der Waals surface area contributed by atoms with E-state index in [4.69, 9.17) is 5.73 Å². The zero-order valence-corrected chi connectivity index (χ0v) is 10.3. The topological polar surface area (TPSA) is 55.1 Å². The molecule has 3 nitrogen and oxygen atoms in total. The maximum Gasteiger partial charge on any atom is 0.220 e. The molecule has 1 unspecified atom stereocenters. The number of hydrogen-bond acceptors (Lipinski definition) is 3. The van der Waals surface area contributed by atoms with Crippen molar-refractivity contribution in [1.82, 2.24) is 5.32 Å². The van der Waals surface area contributed by atoms with Gasteiger partial charge in [0.25, 0.3) is 0 Å². The van der Waals surface area contributed by atoms with Crippen LogP contribution in [0.4, 0.5) is 0 Å². The van der Waals surface area contributed by atoms with Gasteiger partial charge in [0.15, 0.2) is 0 Å². The van der Waals surface area contributed by atoms with Crippen molar-refractivity contribution < 1.29 is 4.79 Å². The van der Waals surface area contributed by atoms with Crippen molar-refractivity contribution in [2.24, 2.45) is 5.73 Å². The summed E-state index contributed by atoms with van der Waals surface area (Å²) in [5.74, 6) is 0.163. The summed E-state index contributed by atoms with van der Waals surface area (Å²) in [5.41, 5.74) is 5.63. The van der Waals surface area contributed by atoms with Crippen molar-refractivity contribution in [2.45, 2.75) is 12.3 Å². The average Bonchev–Trinajstić information content (AvgIpc) is 2.60. The number of amides is 1. The normalized spacial score (nSPS) is 12.5. The fourth-order valence-corrected chi connectivity index (χ4v) is 2.73. The minimum absolute atomic E-state index is 0.0324. The summed E-state index contributed by atoms with van der Waals surface area (Å²) in [6.07, 6.45) is 0.458. The monoisotopic (exact) mass is 276 g/mol. The fraction of sp³-hybridized carbons (Fsp3) is 0.444. The number of thiophene rings is 1. The van der Waals surface area contributed by atoms with Crippen LogP contribution >= 0.6 is 27.3 Å². The van der Waals surface area contributed by atoms with Gasteiger partial charge in [0, 0.05) is 40.7 Å². The highest BCUT2D eigenvalue weighted by molar-refractivity contribution is 9.10. The zero-order chi connectivity index (χ0) is 10.6. The molecule has 0 saturated heterocycles. The molecular weight excluding hydrogens is 264 g/mol. The number of hydrogen-bond donors (Lipinski definition) is 2. The van der Waals surface area contributed by atoms with Gasteiger partial charge in [-0.15, -0.1) is 11.3 Å². The molecular formula is C9H13BrN2OS. The molecule has 1 aromatic rings. The first-order chi connectivity index (χ1) is 6.67. The largest absolute Gasteiger partial charge is 0.359 e. The Kier molecular flexibility index (Phi) is 4.57. The van der Waals surface area contributed by atoms with Crippen molar-refractivity contribution in [3.8, 4) is 0 Å². The van der Waals surface area contributed by atoms with Crippen molar-refractivity contribution in [3.05, 3.63) is 20.8 Å². The van der Waals surface area contributed by atoms with E-state index in [-0.39, 0.29) is 11.8 Å². The molecule has 78 valence electrons. The summed E-state index contributed by atoms with van der Waals surface area (Å²) < 4.78 is 1.05. The number of halogens is 1. The van der Waals surface area contributed by atoms with Crippen LogP contribution in [-0.2, 0) is 4.79 Å². The lowest BCUT2D eigenvalue weighted by Crippen LogP contribution is -2.23. The number of carbonyl (C=O) groups excluding carboxylic acids is 1. The highest BCUT2D eigenvalue weighted by Gasteiger charge is 2.15. The van der Waals surface area contributed by atoms with E-state index in [0.717, 1.165) is 9.35 Å².